The van der Waals surface area contributed by atoms with Crippen LogP contribution in [0.5, 0.6) is 0 Å². The topological polar surface area (TPSA) is 55.2 Å². The minimum atomic E-state index is -2.66. The quantitative estimate of drug-likeness (QED) is 0.414. The van der Waals surface area contributed by atoms with Gasteiger partial charge in [-0.25, -0.2) is 9.67 Å². The zero-order valence-corrected chi connectivity index (χ0v) is 18.5. The van der Waals surface area contributed by atoms with Gasteiger partial charge in [-0.3, -0.25) is 0 Å². The predicted molar refractivity (Wildman–Crippen MR) is 126 cm³/mol. The second-order valence-corrected chi connectivity index (χ2v) is 8.43. The van der Waals surface area contributed by atoms with Crippen molar-refractivity contribution in [3.8, 4) is 11.1 Å². The van der Waals surface area contributed by atoms with Gasteiger partial charge in [-0.15, -0.1) is 0 Å². The Hall–Kier alpha value is -3.52. The van der Waals surface area contributed by atoms with Crippen molar-refractivity contribution in [2.45, 2.75) is 32.6 Å². The smallest absolute Gasteiger partial charge is 0.333 e. The fourth-order valence-corrected chi connectivity index (χ4v) is 4.32. The summed E-state index contributed by atoms with van der Waals surface area (Å²) < 4.78 is 32.4. The number of aromatic nitrogens is 3. The first-order chi connectivity index (χ1) is 15.9. The number of pyridine rings is 1. The van der Waals surface area contributed by atoms with Crippen LogP contribution in [0.2, 0.25) is 0 Å². The molecule has 2 atom stereocenters. The molecule has 1 aliphatic heterocycles. The molecule has 1 fully saturated rings. The molecule has 1 aliphatic rings. The number of rotatable bonds is 5. The molecule has 6 nitrogen and oxygen atoms in total. The number of morpholine rings is 1. The highest BCUT2D eigenvalue weighted by atomic mass is 19.3. The Balaban J connectivity index is 1.37. The van der Waals surface area contributed by atoms with Crippen molar-refractivity contribution in [2.24, 2.45) is 0 Å². The van der Waals surface area contributed by atoms with Gasteiger partial charge in [0.2, 0.25) is 0 Å². The Labute approximate surface area is 190 Å². The van der Waals surface area contributed by atoms with Gasteiger partial charge in [0.15, 0.2) is 0 Å². The summed E-state index contributed by atoms with van der Waals surface area (Å²) in [6.45, 7) is 3.24. The summed E-state index contributed by atoms with van der Waals surface area (Å²) in [4.78, 5) is 6.79. The van der Waals surface area contributed by atoms with E-state index in [1.807, 2.05) is 36.4 Å². The van der Waals surface area contributed by atoms with Gasteiger partial charge in [0.25, 0.3) is 0 Å². The van der Waals surface area contributed by atoms with Gasteiger partial charge in [-0.1, -0.05) is 12.1 Å². The van der Waals surface area contributed by atoms with E-state index >= 15 is 0 Å². The Morgan fingerprint density at radius 2 is 1.79 bits per heavy atom. The van der Waals surface area contributed by atoms with Crippen LogP contribution in [0.1, 0.15) is 20.4 Å². The van der Waals surface area contributed by atoms with Crippen molar-refractivity contribution >= 4 is 28.1 Å². The molecule has 0 unspecified atom stereocenters. The Bertz CT molecular complexity index is 1260. The van der Waals surface area contributed by atoms with Gasteiger partial charge in [-0.2, -0.15) is 13.9 Å². The van der Waals surface area contributed by atoms with Crippen molar-refractivity contribution < 1.29 is 13.5 Å². The first-order valence-electron chi connectivity index (χ1n) is 11.0. The maximum atomic E-state index is 12.9. The highest BCUT2D eigenvalue weighted by Crippen LogP contribution is 2.29. The second kappa shape index (κ2) is 8.78. The van der Waals surface area contributed by atoms with Crippen molar-refractivity contribution in [1.82, 2.24) is 14.8 Å². The molecule has 33 heavy (non-hydrogen) atoms. The van der Waals surface area contributed by atoms with Gasteiger partial charge < -0.3 is 15.0 Å². The first-order valence-corrected chi connectivity index (χ1v) is 11.0. The van der Waals surface area contributed by atoms with Crippen molar-refractivity contribution in [3.05, 3.63) is 67.0 Å². The standard InChI is InChI=1S/C25H25F2N5O/c1-16-13-31(14-17(2)33-16)22-5-3-4-21(12-22)29-24-11-19(8-9-28-24)18-6-7-23-20(10-18)15-32(30-23)25(26)27/h3-12,15-17,25H,13-14H2,1-2H3,(H,28,29)/t16-,17+. The molecular weight excluding hydrogens is 424 g/mol. The van der Waals surface area contributed by atoms with Gasteiger partial charge >= 0.3 is 6.55 Å². The highest BCUT2D eigenvalue weighted by Gasteiger charge is 2.22. The molecule has 3 heterocycles. The van der Waals surface area contributed by atoms with Crippen LogP contribution in [0, 0.1) is 0 Å². The predicted octanol–water partition coefficient (Wildman–Crippen LogP) is 5.85. The molecule has 1 saturated heterocycles. The number of anilines is 3. The third kappa shape index (κ3) is 4.66. The van der Waals surface area contributed by atoms with E-state index in [2.05, 4.69) is 46.3 Å². The van der Waals surface area contributed by atoms with E-state index in [1.54, 1.807) is 12.3 Å². The molecule has 0 aliphatic carbocycles. The monoisotopic (exact) mass is 449 g/mol. The van der Waals surface area contributed by atoms with Crippen LogP contribution < -0.4 is 10.2 Å². The van der Waals surface area contributed by atoms with E-state index in [0.717, 1.165) is 35.6 Å². The summed E-state index contributed by atoms with van der Waals surface area (Å²) in [5.74, 6) is 0.705. The molecule has 170 valence electrons. The minimum absolute atomic E-state index is 0.189. The summed E-state index contributed by atoms with van der Waals surface area (Å²) in [6.07, 6.45) is 3.48. The molecule has 4 aromatic rings. The molecule has 2 aromatic carbocycles. The number of hydrogen-bond donors (Lipinski definition) is 1. The molecule has 1 N–H and O–H groups in total. The average molecular weight is 450 g/mol. The Morgan fingerprint density at radius 3 is 2.58 bits per heavy atom. The van der Waals surface area contributed by atoms with E-state index in [1.165, 1.54) is 6.20 Å². The Kier molecular flexibility index (Phi) is 5.68. The number of fused-ring (bicyclic) bond motifs is 1. The number of ether oxygens (including phenoxy) is 1. The van der Waals surface area contributed by atoms with Gasteiger partial charge in [0.05, 0.1) is 17.7 Å². The van der Waals surface area contributed by atoms with E-state index in [-0.39, 0.29) is 12.2 Å². The fourth-order valence-electron chi connectivity index (χ4n) is 4.32. The van der Waals surface area contributed by atoms with E-state index in [0.29, 0.717) is 21.4 Å². The Morgan fingerprint density at radius 1 is 1.00 bits per heavy atom. The van der Waals surface area contributed by atoms with E-state index in [4.69, 9.17) is 4.74 Å². The lowest BCUT2D eigenvalue weighted by molar-refractivity contribution is -0.00521. The molecule has 0 saturated carbocycles. The van der Waals surface area contributed by atoms with E-state index in [9.17, 15) is 8.78 Å². The maximum absolute atomic E-state index is 12.9. The molecule has 0 amide bonds. The molecule has 0 spiro atoms. The molecule has 2 aromatic heterocycles. The zero-order chi connectivity index (χ0) is 22.9. The lowest BCUT2D eigenvalue weighted by atomic mass is 10.1. The lowest BCUT2D eigenvalue weighted by Gasteiger charge is -2.37. The van der Waals surface area contributed by atoms with Crippen LogP contribution in [-0.4, -0.2) is 40.1 Å². The molecule has 8 heteroatoms. The number of nitrogens with one attached hydrogen (secondary N) is 1. The molecule has 5 rings (SSSR count). The maximum Gasteiger partial charge on any atom is 0.333 e. The lowest BCUT2D eigenvalue weighted by Crippen LogP contribution is -2.45. The van der Waals surface area contributed by atoms with Gasteiger partial charge in [0.1, 0.15) is 5.82 Å². The van der Waals surface area contributed by atoms with Crippen LogP contribution in [0.15, 0.2) is 67.0 Å². The van der Waals surface area contributed by atoms with Gasteiger partial charge in [-0.05, 0) is 67.4 Å². The van der Waals surface area contributed by atoms with Crippen LogP contribution in [0.4, 0.5) is 26.0 Å². The molecular formula is C25H25F2N5O. The normalized spacial score (nSPS) is 18.8. The first kappa shape index (κ1) is 21.3. The summed E-state index contributed by atoms with van der Waals surface area (Å²) in [5, 5.41) is 7.96. The van der Waals surface area contributed by atoms with Crippen LogP contribution in [0.25, 0.3) is 22.0 Å². The summed E-state index contributed by atoms with van der Waals surface area (Å²) in [7, 11) is 0. The van der Waals surface area contributed by atoms with Crippen LogP contribution in [0.3, 0.4) is 0 Å². The highest BCUT2D eigenvalue weighted by molar-refractivity contribution is 5.84. The number of halogens is 2. The van der Waals surface area contributed by atoms with Crippen molar-refractivity contribution in [3.63, 3.8) is 0 Å². The zero-order valence-electron chi connectivity index (χ0n) is 18.5. The summed E-state index contributed by atoms with van der Waals surface area (Å²) in [6, 6.07) is 17.6. The largest absolute Gasteiger partial charge is 0.372 e. The second-order valence-electron chi connectivity index (χ2n) is 8.43. The third-order valence-corrected chi connectivity index (χ3v) is 5.72. The van der Waals surface area contributed by atoms with Crippen molar-refractivity contribution in [2.75, 3.05) is 23.3 Å². The fraction of sp³-hybridized carbons (Fsp3) is 0.280. The van der Waals surface area contributed by atoms with Crippen molar-refractivity contribution in [1.29, 1.82) is 0 Å². The van der Waals surface area contributed by atoms with Crippen LogP contribution >= 0.6 is 0 Å². The van der Waals surface area contributed by atoms with E-state index < -0.39 is 6.55 Å². The summed E-state index contributed by atoms with van der Waals surface area (Å²) in [5.41, 5.74) is 4.46. The number of alkyl halides is 2. The average Bonchev–Trinajstić information content (AvgIpc) is 3.23. The molecule has 0 radical (unpaired) electrons. The number of hydrogen-bond acceptors (Lipinski definition) is 5. The summed E-state index contributed by atoms with van der Waals surface area (Å²) >= 11 is 0. The number of nitrogens with zero attached hydrogens (tertiary/aromatic N) is 4. The molecule has 0 bridgehead atoms. The number of benzene rings is 2. The SMILES string of the molecule is C[C@@H]1CN(c2cccc(Nc3cc(-c4ccc5nn(C(F)F)cc5c4)ccn3)c2)C[C@H](C)O1. The van der Waals surface area contributed by atoms with Crippen LogP contribution in [-0.2, 0) is 4.74 Å². The minimum Gasteiger partial charge on any atom is -0.372 e. The third-order valence-electron chi connectivity index (χ3n) is 5.72. The van der Waals surface area contributed by atoms with Gasteiger partial charge in [0, 0.05) is 42.2 Å².